The monoisotopic (exact) mass is 298 g/mol. The summed E-state index contributed by atoms with van der Waals surface area (Å²) in [5, 5.41) is 0. The minimum Gasteiger partial charge on any atom is -0.296 e. The molecule has 112 valence electrons. The second-order valence-corrected chi connectivity index (χ2v) is 6.68. The molecule has 1 heterocycles. The molecule has 0 amide bonds. The fraction of sp³-hybridized carbons (Fsp3) is 0.182. The highest BCUT2D eigenvalue weighted by atomic mass is 15.2. The number of hydrogen-bond donors (Lipinski definition) is 1. The van der Waals surface area contributed by atoms with E-state index in [1.165, 1.54) is 46.5 Å². The quantitative estimate of drug-likeness (QED) is 0.698. The minimum atomic E-state index is 0.532. The molecule has 23 heavy (non-hydrogen) atoms. The highest BCUT2D eigenvalue weighted by Crippen LogP contribution is 2.38. The molecular formula is C22H20N+. The first-order chi connectivity index (χ1) is 11.4. The summed E-state index contributed by atoms with van der Waals surface area (Å²) in [5.41, 5.74) is 8.89. The van der Waals surface area contributed by atoms with Crippen LogP contribution in [0.15, 0.2) is 72.8 Å². The summed E-state index contributed by atoms with van der Waals surface area (Å²) in [4.78, 5) is 1.64. The Balaban J connectivity index is 1.66. The first kappa shape index (κ1) is 13.1. The SMILES string of the molecule is c1ccc2c(c1)CC([NH+]1CCc3ccccc31)c1ccccc1-2. The van der Waals surface area contributed by atoms with Gasteiger partial charge in [0.05, 0.1) is 6.54 Å². The number of fused-ring (bicyclic) bond motifs is 4. The van der Waals surface area contributed by atoms with Gasteiger partial charge >= 0.3 is 0 Å². The predicted octanol–water partition coefficient (Wildman–Crippen LogP) is 3.72. The maximum atomic E-state index is 2.34. The lowest BCUT2D eigenvalue weighted by Gasteiger charge is -2.31. The Hall–Kier alpha value is -2.38. The molecule has 0 bridgehead atoms. The largest absolute Gasteiger partial charge is 0.296 e. The summed E-state index contributed by atoms with van der Waals surface area (Å²) < 4.78 is 0. The van der Waals surface area contributed by atoms with Crippen LogP contribution in [0.5, 0.6) is 0 Å². The maximum Gasteiger partial charge on any atom is 0.135 e. The molecule has 0 saturated carbocycles. The van der Waals surface area contributed by atoms with Gasteiger partial charge in [-0.3, -0.25) is 4.90 Å². The molecule has 1 aliphatic carbocycles. The summed E-state index contributed by atoms with van der Waals surface area (Å²) in [7, 11) is 0. The topological polar surface area (TPSA) is 4.44 Å². The second-order valence-electron chi connectivity index (χ2n) is 6.68. The Morgan fingerprint density at radius 1 is 0.696 bits per heavy atom. The Labute approximate surface area is 137 Å². The zero-order chi connectivity index (χ0) is 15.2. The van der Waals surface area contributed by atoms with Crippen LogP contribution in [0.2, 0.25) is 0 Å². The smallest absolute Gasteiger partial charge is 0.135 e. The van der Waals surface area contributed by atoms with Crippen LogP contribution < -0.4 is 4.90 Å². The molecule has 5 rings (SSSR count). The molecule has 0 spiro atoms. The van der Waals surface area contributed by atoms with Crippen molar-refractivity contribution in [2.75, 3.05) is 6.54 Å². The van der Waals surface area contributed by atoms with Crippen LogP contribution >= 0.6 is 0 Å². The molecule has 3 aromatic carbocycles. The van der Waals surface area contributed by atoms with Crippen LogP contribution in [0, 0.1) is 0 Å². The van der Waals surface area contributed by atoms with E-state index in [1.807, 2.05) is 0 Å². The third kappa shape index (κ3) is 1.97. The van der Waals surface area contributed by atoms with Gasteiger partial charge in [0, 0.05) is 24.0 Å². The van der Waals surface area contributed by atoms with E-state index in [9.17, 15) is 0 Å². The Morgan fingerprint density at radius 2 is 1.39 bits per heavy atom. The Morgan fingerprint density at radius 3 is 2.30 bits per heavy atom. The third-order valence-corrected chi connectivity index (χ3v) is 5.52. The minimum absolute atomic E-state index is 0.532. The van der Waals surface area contributed by atoms with E-state index in [1.54, 1.807) is 4.90 Å². The van der Waals surface area contributed by atoms with Crippen molar-refractivity contribution < 1.29 is 4.90 Å². The first-order valence-electron chi connectivity index (χ1n) is 8.53. The number of hydrogen-bond acceptors (Lipinski definition) is 0. The number of para-hydroxylation sites is 1. The van der Waals surface area contributed by atoms with Crippen molar-refractivity contribution in [2.24, 2.45) is 0 Å². The van der Waals surface area contributed by atoms with E-state index in [-0.39, 0.29) is 0 Å². The second kappa shape index (κ2) is 5.07. The van der Waals surface area contributed by atoms with Crippen LogP contribution in [-0.4, -0.2) is 6.54 Å². The molecule has 0 fully saturated rings. The molecule has 1 N–H and O–H groups in total. The van der Waals surface area contributed by atoms with Crippen molar-refractivity contribution in [3.05, 3.63) is 89.5 Å². The molecule has 0 saturated heterocycles. The Bertz CT molecular complexity index is 880. The fourth-order valence-corrected chi connectivity index (χ4v) is 4.47. The van der Waals surface area contributed by atoms with E-state index in [0.29, 0.717) is 6.04 Å². The van der Waals surface area contributed by atoms with Crippen LogP contribution in [0.25, 0.3) is 11.1 Å². The molecule has 2 aliphatic rings. The van der Waals surface area contributed by atoms with Gasteiger partial charge in [0.25, 0.3) is 0 Å². The third-order valence-electron chi connectivity index (χ3n) is 5.52. The highest BCUT2D eigenvalue weighted by Gasteiger charge is 2.36. The number of benzene rings is 3. The first-order valence-corrected chi connectivity index (χ1v) is 8.53. The van der Waals surface area contributed by atoms with E-state index in [4.69, 9.17) is 0 Å². The zero-order valence-corrected chi connectivity index (χ0v) is 13.1. The van der Waals surface area contributed by atoms with Crippen molar-refractivity contribution >= 4 is 5.69 Å². The summed E-state index contributed by atoms with van der Waals surface area (Å²) in [6.07, 6.45) is 2.34. The zero-order valence-electron chi connectivity index (χ0n) is 13.1. The van der Waals surface area contributed by atoms with Gasteiger partial charge in [-0.15, -0.1) is 0 Å². The molecule has 3 aromatic rings. The van der Waals surface area contributed by atoms with Crippen molar-refractivity contribution in [1.29, 1.82) is 0 Å². The molecule has 0 radical (unpaired) electrons. The van der Waals surface area contributed by atoms with Crippen LogP contribution in [0.3, 0.4) is 0 Å². The molecular weight excluding hydrogens is 278 g/mol. The van der Waals surface area contributed by atoms with Crippen LogP contribution in [-0.2, 0) is 12.8 Å². The molecule has 1 aliphatic heterocycles. The van der Waals surface area contributed by atoms with Crippen molar-refractivity contribution in [1.82, 2.24) is 0 Å². The summed E-state index contributed by atoms with van der Waals surface area (Å²) in [5.74, 6) is 0. The number of nitrogens with one attached hydrogen (secondary N) is 1. The molecule has 2 atom stereocenters. The summed E-state index contributed by atoms with van der Waals surface area (Å²) in [6, 6.07) is 27.4. The van der Waals surface area contributed by atoms with Gasteiger partial charge in [0.2, 0.25) is 0 Å². The fourth-order valence-electron chi connectivity index (χ4n) is 4.47. The molecule has 1 heteroatoms. The molecule has 0 aromatic heterocycles. The average Bonchev–Trinajstić information content (AvgIpc) is 3.05. The van der Waals surface area contributed by atoms with Crippen LogP contribution in [0.1, 0.15) is 22.7 Å². The van der Waals surface area contributed by atoms with Crippen LogP contribution in [0.4, 0.5) is 5.69 Å². The molecule has 2 unspecified atom stereocenters. The summed E-state index contributed by atoms with van der Waals surface area (Å²) in [6.45, 7) is 1.21. The number of rotatable bonds is 1. The van der Waals surface area contributed by atoms with Gasteiger partial charge in [-0.1, -0.05) is 66.7 Å². The lowest BCUT2D eigenvalue weighted by atomic mass is 9.82. The lowest BCUT2D eigenvalue weighted by Crippen LogP contribution is -3.06. The summed E-state index contributed by atoms with van der Waals surface area (Å²) >= 11 is 0. The van der Waals surface area contributed by atoms with Crippen molar-refractivity contribution in [3.63, 3.8) is 0 Å². The number of quaternary nitrogens is 1. The van der Waals surface area contributed by atoms with E-state index < -0.39 is 0 Å². The average molecular weight is 298 g/mol. The van der Waals surface area contributed by atoms with Gasteiger partial charge in [0.1, 0.15) is 11.7 Å². The van der Waals surface area contributed by atoms with Gasteiger partial charge in [-0.2, -0.15) is 0 Å². The van der Waals surface area contributed by atoms with Gasteiger partial charge < -0.3 is 0 Å². The standard InChI is InChI=1S/C22H19N/c1-3-9-18-17(8-1)15-22(20-11-5-4-10-19(18)20)23-14-13-16-7-2-6-12-21(16)23/h1-12,22H,13-15H2/p+1. The van der Waals surface area contributed by atoms with E-state index >= 15 is 0 Å². The van der Waals surface area contributed by atoms with E-state index in [2.05, 4.69) is 72.8 Å². The van der Waals surface area contributed by atoms with Gasteiger partial charge in [-0.05, 0) is 22.8 Å². The van der Waals surface area contributed by atoms with Gasteiger partial charge in [-0.25, -0.2) is 0 Å². The highest BCUT2D eigenvalue weighted by molar-refractivity contribution is 5.73. The lowest BCUT2D eigenvalue weighted by molar-refractivity contribution is -0.861. The predicted molar refractivity (Wildman–Crippen MR) is 94.0 cm³/mol. The van der Waals surface area contributed by atoms with E-state index in [0.717, 1.165) is 6.42 Å². The van der Waals surface area contributed by atoms with Crippen molar-refractivity contribution in [2.45, 2.75) is 18.9 Å². The Kier molecular flexibility index (Phi) is 2.89. The van der Waals surface area contributed by atoms with Gasteiger partial charge in [0.15, 0.2) is 0 Å². The maximum absolute atomic E-state index is 2.34. The normalized spacial score (nSPS) is 21.4. The molecule has 1 nitrogen and oxygen atoms in total. The van der Waals surface area contributed by atoms with Crippen molar-refractivity contribution in [3.8, 4) is 11.1 Å².